The normalized spacial score (nSPS) is 10.2. The molecule has 28 heavy (non-hydrogen) atoms. The zero-order valence-electron chi connectivity index (χ0n) is 15.6. The first-order chi connectivity index (χ1) is 13.5. The summed E-state index contributed by atoms with van der Waals surface area (Å²) in [6.45, 7) is 1.82. The van der Waals surface area contributed by atoms with E-state index in [4.69, 9.17) is 9.47 Å². The van der Waals surface area contributed by atoms with Crippen LogP contribution in [0.2, 0.25) is 0 Å². The van der Waals surface area contributed by atoms with Crippen LogP contribution in [0.25, 0.3) is 0 Å². The monoisotopic (exact) mass is 397 g/mol. The molecule has 0 unspecified atom stereocenters. The number of thiazole rings is 1. The van der Waals surface area contributed by atoms with E-state index < -0.39 is 0 Å². The third-order valence-corrected chi connectivity index (χ3v) is 4.70. The number of nitrogens with zero attached hydrogens (tertiary/aromatic N) is 1. The zero-order valence-corrected chi connectivity index (χ0v) is 16.4. The van der Waals surface area contributed by atoms with Crippen LogP contribution >= 0.6 is 11.3 Å². The zero-order chi connectivity index (χ0) is 20.1. The Labute approximate surface area is 166 Å². The Morgan fingerprint density at radius 3 is 2.39 bits per heavy atom. The van der Waals surface area contributed by atoms with Gasteiger partial charge in [0.05, 0.1) is 36.2 Å². The lowest BCUT2D eigenvalue weighted by atomic mass is 10.1. The number of para-hydroxylation sites is 1. The van der Waals surface area contributed by atoms with Gasteiger partial charge in [-0.15, -0.1) is 11.3 Å². The first kappa shape index (κ1) is 19.4. The van der Waals surface area contributed by atoms with Crippen LogP contribution in [-0.2, 0) is 0 Å². The third kappa shape index (κ3) is 4.29. The molecule has 3 aromatic rings. The number of amides is 2. The Hall–Kier alpha value is -3.39. The van der Waals surface area contributed by atoms with Crippen LogP contribution in [0.4, 0.5) is 11.4 Å². The van der Waals surface area contributed by atoms with Gasteiger partial charge in [-0.05, 0) is 31.2 Å². The van der Waals surface area contributed by atoms with Crippen molar-refractivity contribution < 1.29 is 19.1 Å². The minimum atomic E-state index is -0.381. The molecule has 0 spiro atoms. The average molecular weight is 397 g/mol. The van der Waals surface area contributed by atoms with E-state index in [1.165, 1.54) is 18.4 Å². The summed E-state index contributed by atoms with van der Waals surface area (Å²) in [6, 6.07) is 11.8. The molecule has 8 heteroatoms. The summed E-state index contributed by atoms with van der Waals surface area (Å²) in [4.78, 5) is 29.4. The van der Waals surface area contributed by atoms with Gasteiger partial charge >= 0.3 is 0 Å². The summed E-state index contributed by atoms with van der Waals surface area (Å²) >= 11 is 1.39. The van der Waals surface area contributed by atoms with Gasteiger partial charge in [-0.3, -0.25) is 9.59 Å². The molecule has 2 aromatic carbocycles. The minimum Gasteiger partial charge on any atom is -0.497 e. The summed E-state index contributed by atoms with van der Waals surface area (Å²) in [5.41, 5.74) is 1.52. The van der Waals surface area contributed by atoms with Gasteiger partial charge in [-0.1, -0.05) is 12.1 Å². The predicted octanol–water partition coefficient (Wildman–Crippen LogP) is 3.97. The highest BCUT2D eigenvalue weighted by Crippen LogP contribution is 2.30. The van der Waals surface area contributed by atoms with E-state index in [1.54, 1.807) is 55.0 Å². The molecule has 2 amide bonds. The van der Waals surface area contributed by atoms with Gasteiger partial charge in [0.2, 0.25) is 0 Å². The molecule has 0 saturated heterocycles. The lowest BCUT2D eigenvalue weighted by molar-refractivity contribution is 0.102. The number of ether oxygens (including phenoxy) is 2. The first-order valence-electron chi connectivity index (χ1n) is 8.37. The minimum absolute atomic E-state index is 0.314. The maximum absolute atomic E-state index is 12.8. The Kier molecular flexibility index (Phi) is 5.90. The molecule has 0 radical (unpaired) electrons. The second kappa shape index (κ2) is 8.53. The second-order valence-corrected chi connectivity index (χ2v) is 6.83. The maximum Gasteiger partial charge on any atom is 0.275 e. The number of benzene rings is 2. The van der Waals surface area contributed by atoms with Crippen LogP contribution in [0.1, 0.15) is 25.9 Å². The summed E-state index contributed by atoms with van der Waals surface area (Å²) in [5, 5.41) is 8.02. The molecular weight excluding hydrogens is 378 g/mol. The predicted molar refractivity (Wildman–Crippen MR) is 109 cm³/mol. The highest BCUT2D eigenvalue weighted by Gasteiger charge is 2.17. The Morgan fingerprint density at radius 2 is 1.71 bits per heavy atom. The number of hydrogen-bond acceptors (Lipinski definition) is 6. The van der Waals surface area contributed by atoms with Crippen molar-refractivity contribution in [1.82, 2.24) is 4.98 Å². The Bertz CT molecular complexity index is 1020. The Balaban J connectivity index is 1.82. The number of rotatable bonds is 6. The van der Waals surface area contributed by atoms with Gasteiger partial charge in [-0.25, -0.2) is 4.98 Å². The number of hydrogen-bond donors (Lipinski definition) is 2. The number of anilines is 2. The SMILES string of the molecule is COc1ccc(NC(=O)c2ccccc2NC(=O)c2csc(C)n2)c(OC)c1. The topological polar surface area (TPSA) is 89.6 Å². The fraction of sp³-hybridized carbons (Fsp3) is 0.150. The summed E-state index contributed by atoms with van der Waals surface area (Å²) < 4.78 is 10.5. The van der Waals surface area contributed by atoms with Gasteiger partial charge in [0.25, 0.3) is 11.8 Å². The molecule has 0 aliphatic rings. The molecule has 0 saturated carbocycles. The van der Waals surface area contributed by atoms with E-state index in [0.717, 1.165) is 5.01 Å². The highest BCUT2D eigenvalue weighted by molar-refractivity contribution is 7.09. The van der Waals surface area contributed by atoms with Crippen LogP contribution in [0.3, 0.4) is 0 Å². The molecule has 0 aliphatic heterocycles. The van der Waals surface area contributed by atoms with Crippen molar-refractivity contribution in [2.75, 3.05) is 24.9 Å². The van der Waals surface area contributed by atoms with Gasteiger partial charge in [0.1, 0.15) is 17.2 Å². The van der Waals surface area contributed by atoms with Crippen molar-refractivity contribution in [3.63, 3.8) is 0 Å². The van der Waals surface area contributed by atoms with Gasteiger partial charge < -0.3 is 20.1 Å². The molecule has 3 rings (SSSR count). The van der Waals surface area contributed by atoms with Crippen molar-refractivity contribution in [2.24, 2.45) is 0 Å². The van der Waals surface area contributed by atoms with Crippen molar-refractivity contribution in [3.05, 3.63) is 64.1 Å². The number of carbonyl (C=O) groups is 2. The van der Waals surface area contributed by atoms with Crippen LogP contribution in [0.15, 0.2) is 47.8 Å². The van der Waals surface area contributed by atoms with Gasteiger partial charge in [0.15, 0.2) is 0 Å². The summed E-state index contributed by atoms with van der Waals surface area (Å²) in [5.74, 6) is 0.327. The van der Waals surface area contributed by atoms with Crippen LogP contribution in [0.5, 0.6) is 11.5 Å². The molecule has 1 heterocycles. The van der Waals surface area contributed by atoms with E-state index in [2.05, 4.69) is 15.6 Å². The number of aromatic nitrogens is 1. The Morgan fingerprint density at radius 1 is 0.964 bits per heavy atom. The van der Waals surface area contributed by atoms with Crippen LogP contribution in [-0.4, -0.2) is 31.0 Å². The number of nitrogens with one attached hydrogen (secondary N) is 2. The van der Waals surface area contributed by atoms with Crippen LogP contribution < -0.4 is 20.1 Å². The smallest absolute Gasteiger partial charge is 0.275 e. The van der Waals surface area contributed by atoms with Crippen molar-refractivity contribution in [1.29, 1.82) is 0 Å². The second-order valence-electron chi connectivity index (χ2n) is 5.77. The largest absolute Gasteiger partial charge is 0.497 e. The number of aryl methyl sites for hydroxylation is 1. The van der Waals surface area contributed by atoms with E-state index in [-0.39, 0.29) is 11.8 Å². The number of carbonyl (C=O) groups excluding carboxylic acids is 2. The van der Waals surface area contributed by atoms with E-state index in [9.17, 15) is 9.59 Å². The molecule has 0 fully saturated rings. The van der Waals surface area contributed by atoms with Gasteiger partial charge in [0, 0.05) is 11.4 Å². The molecule has 1 aromatic heterocycles. The van der Waals surface area contributed by atoms with E-state index in [1.807, 2.05) is 6.92 Å². The molecule has 144 valence electrons. The first-order valence-corrected chi connectivity index (χ1v) is 9.25. The molecule has 0 bridgehead atoms. The standard InChI is InChI=1S/C20H19N3O4S/c1-12-21-17(11-28-12)20(25)22-15-7-5-4-6-14(15)19(24)23-16-9-8-13(26-2)10-18(16)27-3/h4-11H,1-3H3,(H,22,25)(H,23,24). The fourth-order valence-corrected chi connectivity index (χ4v) is 3.13. The molecule has 0 aliphatic carbocycles. The van der Waals surface area contributed by atoms with Crippen molar-refractivity contribution in [3.8, 4) is 11.5 Å². The summed E-state index contributed by atoms with van der Waals surface area (Å²) in [7, 11) is 3.06. The fourth-order valence-electron chi connectivity index (χ4n) is 2.54. The quantitative estimate of drug-likeness (QED) is 0.657. The van der Waals surface area contributed by atoms with Crippen molar-refractivity contribution in [2.45, 2.75) is 6.92 Å². The van der Waals surface area contributed by atoms with E-state index in [0.29, 0.717) is 34.1 Å². The van der Waals surface area contributed by atoms with Gasteiger partial charge in [-0.2, -0.15) is 0 Å². The lowest BCUT2D eigenvalue weighted by Gasteiger charge is -2.14. The number of methoxy groups -OCH3 is 2. The molecular formula is C20H19N3O4S. The maximum atomic E-state index is 12.8. The van der Waals surface area contributed by atoms with Crippen molar-refractivity contribution >= 4 is 34.5 Å². The highest BCUT2D eigenvalue weighted by atomic mass is 32.1. The van der Waals surface area contributed by atoms with E-state index >= 15 is 0 Å². The lowest BCUT2D eigenvalue weighted by Crippen LogP contribution is -2.18. The average Bonchev–Trinajstić information content (AvgIpc) is 3.15. The molecule has 2 N–H and O–H groups in total. The summed E-state index contributed by atoms with van der Waals surface area (Å²) in [6.07, 6.45) is 0. The third-order valence-electron chi connectivity index (χ3n) is 3.93. The van der Waals surface area contributed by atoms with Crippen LogP contribution in [0, 0.1) is 6.92 Å². The molecule has 0 atom stereocenters. The molecule has 7 nitrogen and oxygen atoms in total.